The van der Waals surface area contributed by atoms with Gasteiger partial charge in [0.2, 0.25) is 6.79 Å². The van der Waals surface area contributed by atoms with E-state index in [0.29, 0.717) is 17.2 Å². The molecule has 6 nitrogen and oxygen atoms in total. The molecule has 1 N–H and O–H groups in total. The van der Waals surface area contributed by atoms with Gasteiger partial charge in [-0.15, -0.1) is 11.8 Å². The van der Waals surface area contributed by atoms with Crippen molar-refractivity contribution in [1.82, 2.24) is 0 Å². The molecule has 0 saturated heterocycles. The number of amides is 1. The molecule has 7 heteroatoms. The molecule has 1 unspecified atom stereocenters. The van der Waals surface area contributed by atoms with Crippen molar-refractivity contribution in [3.8, 4) is 11.5 Å². The van der Waals surface area contributed by atoms with E-state index in [0.717, 1.165) is 17.7 Å². The highest BCUT2D eigenvalue weighted by atomic mass is 32.2. The van der Waals surface area contributed by atoms with Gasteiger partial charge in [-0.05, 0) is 61.6 Å². The first-order chi connectivity index (χ1) is 13.6. The van der Waals surface area contributed by atoms with E-state index >= 15 is 0 Å². The van der Waals surface area contributed by atoms with Crippen LogP contribution in [0.25, 0.3) is 0 Å². The fraction of sp³-hybridized carbons (Fsp3) is 0.333. The molecule has 28 heavy (non-hydrogen) atoms. The van der Waals surface area contributed by atoms with Crippen LogP contribution in [0.4, 0.5) is 5.69 Å². The molecule has 0 saturated carbocycles. The molecule has 146 valence electrons. The Hall–Kier alpha value is -2.67. The Morgan fingerprint density at radius 2 is 1.93 bits per heavy atom. The average Bonchev–Trinajstić information content (AvgIpc) is 3.34. The Kier molecular flexibility index (Phi) is 5.43. The number of thioether (sulfide) groups is 1. The van der Waals surface area contributed by atoms with Crippen molar-refractivity contribution in [2.75, 3.05) is 17.9 Å². The minimum Gasteiger partial charge on any atom is -0.454 e. The summed E-state index contributed by atoms with van der Waals surface area (Å²) in [5, 5.41) is 2.72. The quantitative estimate of drug-likeness (QED) is 0.591. The number of hydrogen-bond acceptors (Lipinski definition) is 6. The lowest BCUT2D eigenvalue weighted by Crippen LogP contribution is -2.30. The number of benzene rings is 2. The number of nitrogens with one attached hydrogen (secondary N) is 1. The number of esters is 1. The summed E-state index contributed by atoms with van der Waals surface area (Å²) in [6.45, 7) is 1.73. The smallest absolute Gasteiger partial charge is 0.317 e. The van der Waals surface area contributed by atoms with Gasteiger partial charge in [0.1, 0.15) is 0 Å². The third-order valence-electron chi connectivity index (χ3n) is 4.74. The largest absolute Gasteiger partial charge is 0.454 e. The van der Waals surface area contributed by atoms with Gasteiger partial charge in [0, 0.05) is 16.6 Å². The molecular formula is C21H21NO5S. The van der Waals surface area contributed by atoms with E-state index in [1.807, 2.05) is 6.07 Å². The van der Waals surface area contributed by atoms with Gasteiger partial charge in [0.05, 0.1) is 5.75 Å². The van der Waals surface area contributed by atoms with E-state index in [1.165, 1.54) is 29.3 Å². The van der Waals surface area contributed by atoms with Gasteiger partial charge in [0.25, 0.3) is 5.91 Å². The van der Waals surface area contributed by atoms with E-state index in [2.05, 4.69) is 17.4 Å². The van der Waals surface area contributed by atoms with Crippen LogP contribution in [-0.2, 0) is 27.2 Å². The van der Waals surface area contributed by atoms with Crippen LogP contribution in [0.5, 0.6) is 11.5 Å². The Bertz CT molecular complexity index is 914. The second kappa shape index (κ2) is 8.14. The van der Waals surface area contributed by atoms with Crippen LogP contribution in [-0.4, -0.2) is 30.5 Å². The first-order valence-corrected chi connectivity index (χ1v) is 10.2. The topological polar surface area (TPSA) is 73.9 Å². The van der Waals surface area contributed by atoms with E-state index in [4.69, 9.17) is 14.2 Å². The molecule has 0 bridgehead atoms. The van der Waals surface area contributed by atoms with Crippen molar-refractivity contribution >= 4 is 29.3 Å². The predicted octanol–water partition coefficient (Wildman–Crippen LogP) is 3.57. The van der Waals surface area contributed by atoms with E-state index in [-0.39, 0.29) is 12.5 Å². The zero-order chi connectivity index (χ0) is 19.5. The molecule has 0 spiro atoms. The van der Waals surface area contributed by atoms with E-state index in [1.54, 1.807) is 25.1 Å². The Morgan fingerprint density at radius 1 is 1.11 bits per heavy atom. The maximum atomic E-state index is 12.3. The SMILES string of the molecule is CC(OC(=O)CSc1ccc2c(c1)CCC2)C(=O)Nc1ccc2c(c1)OCO2. The molecule has 0 fully saturated rings. The van der Waals surface area contributed by atoms with Crippen molar-refractivity contribution in [2.24, 2.45) is 0 Å². The number of anilines is 1. The number of hydrogen-bond donors (Lipinski definition) is 1. The second-order valence-electron chi connectivity index (χ2n) is 6.76. The third kappa shape index (κ3) is 4.25. The molecule has 4 rings (SSSR count). The fourth-order valence-electron chi connectivity index (χ4n) is 3.28. The van der Waals surface area contributed by atoms with Crippen LogP contribution in [0.1, 0.15) is 24.5 Å². The van der Waals surface area contributed by atoms with Crippen LogP contribution >= 0.6 is 11.8 Å². The van der Waals surface area contributed by atoms with Crippen molar-refractivity contribution in [3.63, 3.8) is 0 Å². The summed E-state index contributed by atoms with van der Waals surface area (Å²) in [7, 11) is 0. The second-order valence-corrected chi connectivity index (χ2v) is 7.81. The van der Waals surface area contributed by atoms with Crippen LogP contribution < -0.4 is 14.8 Å². The Labute approximate surface area is 167 Å². The fourth-order valence-corrected chi connectivity index (χ4v) is 4.03. The summed E-state index contributed by atoms with van der Waals surface area (Å²) >= 11 is 1.43. The summed E-state index contributed by atoms with van der Waals surface area (Å²) in [4.78, 5) is 25.4. The van der Waals surface area contributed by atoms with Crippen LogP contribution in [0.15, 0.2) is 41.3 Å². The minimum absolute atomic E-state index is 0.167. The Balaban J connectivity index is 1.26. The molecule has 1 aliphatic carbocycles. The molecule has 1 amide bonds. The molecule has 0 radical (unpaired) electrons. The van der Waals surface area contributed by atoms with Gasteiger partial charge in [0.15, 0.2) is 17.6 Å². The van der Waals surface area contributed by atoms with Gasteiger partial charge < -0.3 is 19.5 Å². The molecule has 2 aliphatic rings. The van der Waals surface area contributed by atoms with Crippen molar-refractivity contribution < 1.29 is 23.8 Å². The molecule has 0 aromatic heterocycles. The van der Waals surface area contributed by atoms with Gasteiger partial charge in [-0.25, -0.2) is 0 Å². The first kappa shape index (κ1) is 18.7. The van der Waals surface area contributed by atoms with Gasteiger partial charge in [-0.2, -0.15) is 0 Å². The number of carbonyl (C=O) groups excluding carboxylic acids is 2. The highest BCUT2D eigenvalue weighted by Crippen LogP contribution is 2.34. The van der Waals surface area contributed by atoms with Gasteiger partial charge >= 0.3 is 5.97 Å². The standard InChI is InChI=1S/C21H21NO5S/c1-13(21(24)22-16-6-8-18-19(10-16)26-12-25-18)27-20(23)11-28-17-7-5-14-3-2-4-15(14)9-17/h5-10,13H,2-4,11-12H2,1H3,(H,22,24). The summed E-state index contributed by atoms with van der Waals surface area (Å²) in [6.07, 6.45) is 2.55. The molecule has 1 aliphatic heterocycles. The zero-order valence-electron chi connectivity index (χ0n) is 15.5. The van der Waals surface area contributed by atoms with Gasteiger partial charge in [-0.1, -0.05) is 6.07 Å². The zero-order valence-corrected chi connectivity index (χ0v) is 16.3. The van der Waals surface area contributed by atoms with Crippen LogP contribution in [0.3, 0.4) is 0 Å². The minimum atomic E-state index is -0.890. The Morgan fingerprint density at radius 3 is 2.82 bits per heavy atom. The number of ether oxygens (including phenoxy) is 3. The normalized spacial score (nSPS) is 15.0. The predicted molar refractivity (Wildman–Crippen MR) is 106 cm³/mol. The number of aryl methyl sites for hydroxylation is 2. The maximum Gasteiger partial charge on any atom is 0.317 e. The lowest BCUT2D eigenvalue weighted by Gasteiger charge is -2.14. The maximum absolute atomic E-state index is 12.3. The monoisotopic (exact) mass is 399 g/mol. The van der Waals surface area contributed by atoms with Crippen LogP contribution in [0, 0.1) is 0 Å². The van der Waals surface area contributed by atoms with Gasteiger partial charge in [-0.3, -0.25) is 9.59 Å². The summed E-state index contributed by atoms with van der Waals surface area (Å²) in [5.74, 6) is 0.572. The molecule has 1 heterocycles. The number of rotatable bonds is 6. The van der Waals surface area contributed by atoms with Crippen molar-refractivity contribution in [1.29, 1.82) is 0 Å². The van der Waals surface area contributed by atoms with Crippen molar-refractivity contribution in [3.05, 3.63) is 47.5 Å². The van der Waals surface area contributed by atoms with Crippen molar-refractivity contribution in [2.45, 2.75) is 37.2 Å². The van der Waals surface area contributed by atoms with Crippen LogP contribution in [0.2, 0.25) is 0 Å². The molecule has 2 aromatic carbocycles. The lowest BCUT2D eigenvalue weighted by molar-refractivity contribution is -0.150. The summed E-state index contributed by atoms with van der Waals surface area (Å²) < 4.78 is 15.8. The molecule has 2 aromatic rings. The van der Waals surface area contributed by atoms with E-state index in [9.17, 15) is 9.59 Å². The number of carbonyl (C=O) groups is 2. The highest BCUT2D eigenvalue weighted by molar-refractivity contribution is 8.00. The summed E-state index contributed by atoms with van der Waals surface area (Å²) in [5.41, 5.74) is 3.33. The first-order valence-electron chi connectivity index (χ1n) is 9.23. The average molecular weight is 399 g/mol. The summed E-state index contributed by atoms with van der Waals surface area (Å²) in [6, 6.07) is 11.4. The molecule has 1 atom stereocenters. The number of fused-ring (bicyclic) bond motifs is 2. The molecular weight excluding hydrogens is 378 g/mol. The third-order valence-corrected chi connectivity index (χ3v) is 5.71. The lowest BCUT2D eigenvalue weighted by atomic mass is 10.1. The van der Waals surface area contributed by atoms with E-state index < -0.39 is 18.0 Å². The highest BCUT2D eigenvalue weighted by Gasteiger charge is 2.20.